The van der Waals surface area contributed by atoms with Crippen molar-refractivity contribution in [2.45, 2.75) is 13.0 Å². The highest BCUT2D eigenvalue weighted by Crippen LogP contribution is 2.18. The second-order valence-corrected chi connectivity index (χ2v) is 6.59. The summed E-state index contributed by atoms with van der Waals surface area (Å²) in [5.41, 5.74) is 3.26. The van der Waals surface area contributed by atoms with Crippen LogP contribution in [0.25, 0.3) is 11.0 Å². The van der Waals surface area contributed by atoms with Crippen molar-refractivity contribution in [3.63, 3.8) is 0 Å². The lowest BCUT2D eigenvalue weighted by molar-refractivity contribution is 0.251. The van der Waals surface area contributed by atoms with E-state index in [1.807, 2.05) is 18.5 Å². The van der Waals surface area contributed by atoms with Crippen LogP contribution in [0.2, 0.25) is 0 Å². The molecule has 0 atom stereocenters. The summed E-state index contributed by atoms with van der Waals surface area (Å²) in [7, 11) is 0. The van der Waals surface area contributed by atoms with Crippen LogP contribution in [0, 0.1) is 5.82 Å². The lowest BCUT2D eigenvalue weighted by atomic mass is 10.2. The second kappa shape index (κ2) is 7.23. The molecular formula is C20H23FN4. The second-order valence-electron chi connectivity index (χ2n) is 6.59. The van der Waals surface area contributed by atoms with Crippen molar-refractivity contribution < 1.29 is 4.39 Å². The first-order valence-corrected chi connectivity index (χ1v) is 8.92. The largest absolute Gasteiger partial charge is 0.369 e. The van der Waals surface area contributed by atoms with E-state index < -0.39 is 0 Å². The predicted molar refractivity (Wildman–Crippen MR) is 99.4 cm³/mol. The van der Waals surface area contributed by atoms with E-state index >= 15 is 0 Å². The molecule has 0 saturated carbocycles. The molecule has 0 radical (unpaired) electrons. The molecule has 0 bridgehead atoms. The topological polar surface area (TPSA) is 24.3 Å². The first-order valence-electron chi connectivity index (χ1n) is 8.92. The van der Waals surface area contributed by atoms with Gasteiger partial charge in [0.15, 0.2) is 0 Å². The zero-order valence-corrected chi connectivity index (χ0v) is 14.3. The van der Waals surface area contributed by atoms with Gasteiger partial charge in [-0.05, 0) is 43.3 Å². The molecule has 4 nitrogen and oxygen atoms in total. The van der Waals surface area contributed by atoms with Crippen LogP contribution < -0.4 is 4.90 Å². The van der Waals surface area contributed by atoms with Gasteiger partial charge in [-0.2, -0.15) is 0 Å². The SMILES string of the molecule is Fc1cccc(N2CCN(CCCn3cnc4ccccc43)CC2)c1. The first kappa shape index (κ1) is 16.1. The molecule has 1 aliphatic heterocycles. The van der Waals surface area contributed by atoms with E-state index in [1.165, 1.54) is 11.6 Å². The Morgan fingerprint density at radius 3 is 2.60 bits per heavy atom. The Balaban J connectivity index is 1.26. The zero-order valence-electron chi connectivity index (χ0n) is 14.3. The first-order chi connectivity index (χ1) is 12.3. The molecule has 0 N–H and O–H groups in total. The lowest BCUT2D eigenvalue weighted by Crippen LogP contribution is -2.46. The minimum absolute atomic E-state index is 0.160. The van der Waals surface area contributed by atoms with E-state index in [4.69, 9.17) is 0 Å². The van der Waals surface area contributed by atoms with Gasteiger partial charge in [-0.25, -0.2) is 9.37 Å². The van der Waals surface area contributed by atoms with Gasteiger partial charge >= 0.3 is 0 Å². The van der Waals surface area contributed by atoms with Crippen LogP contribution in [0.15, 0.2) is 54.9 Å². The lowest BCUT2D eigenvalue weighted by Gasteiger charge is -2.36. The maximum Gasteiger partial charge on any atom is 0.125 e. The van der Waals surface area contributed by atoms with Crippen LogP contribution in [0.3, 0.4) is 0 Å². The summed E-state index contributed by atoms with van der Waals surface area (Å²) in [5.74, 6) is -0.160. The molecule has 4 rings (SSSR count). The molecule has 25 heavy (non-hydrogen) atoms. The molecule has 5 heteroatoms. The van der Waals surface area contributed by atoms with Crippen LogP contribution in [0.4, 0.5) is 10.1 Å². The summed E-state index contributed by atoms with van der Waals surface area (Å²) >= 11 is 0. The number of halogens is 1. The number of para-hydroxylation sites is 2. The number of piperazine rings is 1. The van der Waals surface area contributed by atoms with Crippen molar-refractivity contribution in [1.29, 1.82) is 0 Å². The summed E-state index contributed by atoms with van der Waals surface area (Å²) in [6.07, 6.45) is 3.05. The molecule has 1 fully saturated rings. The summed E-state index contributed by atoms with van der Waals surface area (Å²) in [5, 5.41) is 0. The monoisotopic (exact) mass is 338 g/mol. The number of nitrogens with zero attached hydrogens (tertiary/aromatic N) is 4. The molecule has 1 aromatic heterocycles. The Morgan fingerprint density at radius 1 is 0.920 bits per heavy atom. The summed E-state index contributed by atoms with van der Waals surface area (Å²) in [6, 6.07) is 15.2. The Morgan fingerprint density at radius 2 is 1.76 bits per heavy atom. The maximum atomic E-state index is 13.4. The van der Waals surface area contributed by atoms with Crippen molar-refractivity contribution in [2.24, 2.45) is 0 Å². The molecule has 0 spiro atoms. The van der Waals surface area contributed by atoms with Crippen molar-refractivity contribution in [3.05, 3.63) is 60.7 Å². The van der Waals surface area contributed by atoms with Gasteiger partial charge in [-0.15, -0.1) is 0 Å². The minimum Gasteiger partial charge on any atom is -0.369 e. The average molecular weight is 338 g/mol. The van der Waals surface area contributed by atoms with Crippen LogP contribution in [0.1, 0.15) is 6.42 Å². The quantitative estimate of drug-likeness (QED) is 0.713. The van der Waals surface area contributed by atoms with Gasteiger partial charge in [0, 0.05) is 38.4 Å². The third-order valence-electron chi connectivity index (χ3n) is 4.95. The number of rotatable bonds is 5. The van der Waals surface area contributed by atoms with Crippen LogP contribution in [0.5, 0.6) is 0 Å². The predicted octanol–water partition coefficient (Wildman–Crippen LogP) is 3.39. The summed E-state index contributed by atoms with van der Waals surface area (Å²) in [4.78, 5) is 9.21. The fourth-order valence-electron chi connectivity index (χ4n) is 3.56. The Kier molecular flexibility index (Phi) is 4.65. The molecule has 3 aromatic rings. The fourth-order valence-corrected chi connectivity index (χ4v) is 3.56. The number of hydrogen-bond donors (Lipinski definition) is 0. The van der Waals surface area contributed by atoms with Gasteiger partial charge in [-0.1, -0.05) is 18.2 Å². The number of fused-ring (bicyclic) bond motifs is 1. The maximum absolute atomic E-state index is 13.4. The highest BCUT2D eigenvalue weighted by molar-refractivity contribution is 5.74. The van der Waals surface area contributed by atoms with Gasteiger partial charge in [0.1, 0.15) is 5.82 Å². The molecule has 1 aliphatic rings. The fraction of sp³-hybridized carbons (Fsp3) is 0.350. The molecule has 0 amide bonds. The smallest absolute Gasteiger partial charge is 0.125 e. The van der Waals surface area contributed by atoms with Gasteiger partial charge in [0.2, 0.25) is 0 Å². The Bertz CT molecular complexity index is 836. The van der Waals surface area contributed by atoms with Crippen LogP contribution in [-0.4, -0.2) is 47.2 Å². The molecule has 0 unspecified atom stereocenters. The van der Waals surface area contributed by atoms with E-state index in [9.17, 15) is 4.39 Å². The van der Waals surface area contributed by atoms with Gasteiger partial charge in [0.05, 0.1) is 17.4 Å². The molecule has 130 valence electrons. The number of aryl methyl sites for hydroxylation is 1. The normalized spacial score (nSPS) is 15.8. The summed E-state index contributed by atoms with van der Waals surface area (Å²) in [6.45, 7) is 6.05. The molecule has 2 aromatic carbocycles. The number of anilines is 1. The van der Waals surface area contributed by atoms with E-state index in [2.05, 4.69) is 37.5 Å². The highest BCUT2D eigenvalue weighted by Gasteiger charge is 2.17. The Labute approximate surface area is 147 Å². The molecule has 1 saturated heterocycles. The molecule has 2 heterocycles. The van der Waals surface area contributed by atoms with E-state index in [0.29, 0.717) is 0 Å². The third kappa shape index (κ3) is 3.66. The van der Waals surface area contributed by atoms with Crippen LogP contribution >= 0.6 is 0 Å². The van der Waals surface area contributed by atoms with Gasteiger partial charge in [0.25, 0.3) is 0 Å². The number of aromatic nitrogens is 2. The minimum atomic E-state index is -0.160. The highest BCUT2D eigenvalue weighted by atomic mass is 19.1. The van der Waals surface area contributed by atoms with Crippen LogP contribution in [-0.2, 0) is 6.54 Å². The number of imidazole rings is 1. The van der Waals surface area contributed by atoms with Crippen molar-refractivity contribution in [2.75, 3.05) is 37.6 Å². The third-order valence-corrected chi connectivity index (χ3v) is 4.95. The number of hydrogen-bond acceptors (Lipinski definition) is 3. The van der Waals surface area contributed by atoms with Crippen molar-refractivity contribution >= 4 is 16.7 Å². The van der Waals surface area contributed by atoms with E-state index in [0.717, 1.165) is 56.9 Å². The van der Waals surface area contributed by atoms with E-state index in [-0.39, 0.29) is 5.82 Å². The van der Waals surface area contributed by atoms with Crippen molar-refractivity contribution in [3.8, 4) is 0 Å². The van der Waals surface area contributed by atoms with E-state index in [1.54, 1.807) is 12.1 Å². The van der Waals surface area contributed by atoms with Gasteiger partial charge < -0.3 is 9.47 Å². The van der Waals surface area contributed by atoms with Gasteiger partial charge in [-0.3, -0.25) is 4.90 Å². The average Bonchev–Trinajstić information content (AvgIpc) is 3.06. The number of benzene rings is 2. The standard InChI is InChI=1S/C20H23FN4/c21-17-5-3-6-18(15-17)24-13-11-23(12-14-24)9-4-10-25-16-22-19-7-1-2-8-20(19)25/h1-3,5-8,15-16H,4,9-14H2. The van der Waals surface area contributed by atoms with Crippen molar-refractivity contribution in [1.82, 2.24) is 14.5 Å². The summed E-state index contributed by atoms with van der Waals surface area (Å²) < 4.78 is 15.6. The molecular weight excluding hydrogens is 315 g/mol. The zero-order chi connectivity index (χ0) is 17.1. The Hall–Kier alpha value is -2.40. The molecule has 0 aliphatic carbocycles.